The van der Waals surface area contributed by atoms with Crippen LogP contribution in [0, 0.1) is 0 Å². The Bertz CT molecular complexity index is 1030. The summed E-state index contributed by atoms with van der Waals surface area (Å²) < 4.78 is 0. The Kier molecular flexibility index (Phi) is 7.28. The fourth-order valence-corrected chi connectivity index (χ4v) is 3.50. The molecule has 0 aliphatic rings. The Morgan fingerprint density at radius 3 is 1.71 bits per heavy atom. The third-order valence-electron chi connectivity index (χ3n) is 5.07. The predicted molar refractivity (Wildman–Crippen MR) is 125 cm³/mol. The molecule has 0 radical (unpaired) electrons. The number of carbonyl (C=O) groups is 1. The number of unbranched alkanes of at least 4 members (excludes halogenated alkanes) is 1. The largest absolute Gasteiger partial charge is 0.508 e. The average Bonchev–Trinajstić information content (AvgIpc) is 2.77. The third-order valence-corrected chi connectivity index (χ3v) is 5.07. The zero-order valence-corrected chi connectivity index (χ0v) is 17.5. The van der Waals surface area contributed by atoms with Crippen molar-refractivity contribution in [3.63, 3.8) is 0 Å². The SMILES string of the molecule is CCCCC(=C(c1ccc(O)cc1)c1ccc(O)cc1)c1ccc(C=CC(=O)O)cc1. The number of carboxylic acid groups (broad SMARTS) is 1. The van der Waals surface area contributed by atoms with Crippen LogP contribution in [-0.2, 0) is 4.79 Å². The molecule has 3 rings (SSSR count). The molecule has 0 heterocycles. The summed E-state index contributed by atoms with van der Waals surface area (Å²) >= 11 is 0. The van der Waals surface area contributed by atoms with E-state index >= 15 is 0 Å². The lowest BCUT2D eigenvalue weighted by molar-refractivity contribution is -0.131. The van der Waals surface area contributed by atoms with E-state index in [-0.39, 0.29) is 11.5 Å². The highest BCUT2D eigenvalue weighted by Gasteiger charge is 2.14. The van der Waals surface area contributed by atoms with Crippen molar-refractivity contribution in [1.29, 1.82) is 0 Å². The van der Waals surface area contributed by atoms with E-state index in [0.29, 0.717) is 0 Å². The molecule has 0 aromatic heterocycles. The standard InChI is InChI=1S/C27H26O4/c1-2-3-4-25(20-8-5-19(6-9-20)7-18-26(30)31)27(21-10-14-23(28)15-11-21)22-12-16-24(29)17-13-22/h5-18,28-29H,2-4H2,1H3,(H,30,31). The van der Waals surface area contributed by atoms with Crippen LogP contribution in [0.1, 0.15) is 48.4 Å². The van der Waals surface area contributed by atoms with Crippen LogP contribution >= 0.6 is 0 Å². The van der Waals surface area contributed by atoms with E-state index in [1.165, 1.54) is 0 Å². The minimum Gasteiger partial charge on any atom is -0.508 e. The van der Waals surface area contributed by atoms with Crippen LogP contribution in [-0.4, -0.2) is 21.3 Å². The summed E-state index contributed by atoms with van der Waals surface area (Å²) in [7, 11) is 0. The Hall–Kier alpha value is -3.79. The Morgan fingerprint density at radius 1 is 0.774 bits per heavy atom. The molecule has 31 heavy (non-hydrogen) atoms. The summed E-state index contributed by atoms with van der Waals surface area (Å²) in [5, 5.41) is 28.4. The predicted octanol–water partition coefficient (Wildman–Crippen LogP) is 6.34. The summed E-state index contributed by atoms with van der Waals surface area (Å²) in [6.45, 7) is 2.15. The van der Waals surface area contributed by atoms with Gasteiger partial charge in [-0.05, 0) is 76.6 Å². The van der Waals surface area contributed by atoms with Crippen molar-refractivity contribution in [1.82, 2.24) is 0 Å². The van der Waals surface area contributed by atoms with Gasteiger partial charge in [-0.2, -0.15) is 0 Å². The molecule has 0 amide bonds. The second-order valence-electron chi connectivity index (χ2n) is 7.34. The van der Waals surface area contributed by atoms with E-state index in [2.05, 4.69) is 6.92 Å². The van der Waals surface area contributed by atoms with Crippen LogP contribution in [0.15, 0.2) is 78.9 Å². The van der Waals surface area contributed by atoms with Gasteiger partial charge in [0, 0.05) is 6.08 Å². The van der Waals surface area contributed by atoms with Gasteiger partial charge in [-0.25, -0.2) is 4.79 Å². The van der Waals surface area contributed by atoms with Crippen LogP contribution in [0.5, 0.6) is 11.5 Å². The first-order chi connectivity index (χ1) is 15.0. The Morgan fingerprint density at radius 2 is 1.26 bits per heavy atom. The van der Waals surface area contributed by atoms with Gasteiger partial charge in [-0.3, -0.25) is 0 Å². The maximum Gasteiger partial charge on any atom is 0.328 e. The van der Waals surface area contributed by atoms with E-state index in [1.807, 2.05) is 48.5 Å². The molecule has 4 heteroatoms. The summed E-state index contributed by atoms with van der Waals surface area (Å²) in [4.78, 5) is 10.8. The van der Waals surface area contributed by atoms with Crippen molar-refractivity contribution >= 4 is 23.2 Å². The number of benzene rings is 3. The molecule has 0 spiro atoms. The highest BCUT2D eigenvalue weighted by molar-refractivity contribution is 5.98. The van der Waals surface area contributed by atoms with Crippen molar-refractivity contribution in [2.75, 3.05) is 0 Å². The van der Waals surface area contributed by atoms with E-state index < -0.39 is 5.97 Å². The van der Waals surface area contributed by atoms with E-state index in [0.717, 1.165) is 58.7 Å². The highest BCUT2D eigenvalue weighted by Crippen LogP contribution is 2.36. The summed E-state index contributed by atoms with van der Waals surface area (Å²) in [5.41, 5.74) is 6.03. The quantitative estimate of drug-likeness (QED) is 0.297. The van der Waals surface area contributed by atoms with Gasteiger partial charge >= 0.3 is 5.97 Å². The summed E-state index contributed by atoms with van der Waals surface area (Å²) in [6.07, 6.45) is 5.61. The highest BCUT2D eigenvalue weighted by atomic mass is 16.4. The van der Waals surface area contributed by atoms with Gasteiger partial charge < -0.3 is 15.3 Å². The molecule has 0 saturated carbocycles. The van der Waals surface area contributed by atoms with Crippen LogP contribution in [0.2, 0.25) is 0 Å². The molecule has 0 aliphatic heterocycles. The number of phenolic OH excluding ortho intramolecular Hbond substituents is 2. The monoisotopic (exact) mass is 414 g/mol. The molecule has 3 N–H and O–H groups in total. The Balaban J connectivity index is 2.18. The van der Waals surface area contributed by atoms with Crippen LogP contribution in [0.4, 0.5) is 0 Å². The van der Waals surface area contributed by atoms with Crippen LogP contribution in [0.25, 0.3) is 17.2 Å². The van der Waals surface area contributed by atoms with Gasteiger partial charge in [0.25, 0.3) is 0 Å². The molecule has 0 unspecified atom stereocenters. The normalized spacial score (nSPS) is 10.9. The van der Waals surface area contributed by atoms with Crippen molar-refractivity contribution in [3.05, 3.63) is 101 Å². The van der Waals surface area contributed by atoms with Gasteiger partial charge in [-0.1, -0.05) is 61.9 Å². The lowest BCUT2D eigenvalue weighted by Gasteiger charge is -2.18. The number of hydrogen-bond acceptors (Lipinski definition) is 3. The molecular formula is C27H26O4. The van der Waals surface area contributed by atoms with E-state index in [1.54, 1.807) is 30.3 Å². The van der Waals surface area contributed by atoms with Crippen molar-refractivity contribution in [2.24, 2.45) is 0 Å². The molecule has 0 saturated heterocycles. The molecule has 0 atom stereocenters. The van der Waals surface area contributed by atoms with Crippen molar-refractivity contribution < 1.29 is 20.1 Å². The number of phenols is 2. The lowest BCUT2D eigenvalue weighted by atomic mass is 9.86. The Labute approximate surface area is 182 Å². The van der Waals surface area contributed by atoms with Crippen molar-refractivity contribution in [2.45, 2.75) is 26.2 Å². The van der Waals surface area contributed by atoms with Gasteiger partial charge in [0.15, 0.2) is 0 Å². The fraction of sp³-hybridized carbons (Fsp3) is 0.148. The van der Waals surface area contributed by atoms with Crippen molar-refractivity contribution in [3.8, 4) is 11.5 Å². The lowest BCUT2D eigenvalue weighted by Crippen LogP contribution is -1.96. The fourth-order valence-electron chi connectivity index (χ4n) is 3.50. The molecule has 4 nitrogen and oxygen atoms in total. The van der Waals surface area contributed by atoms with E-state index in [9.17, 15) is 15.0 Å². The molecule has 3 aromatic carbocycles. The van der Waals surface area contributed by atoms with Gasteiger partial charge in [-0.15, -0.1) is 0 Å². The smallest absolute Gasteiger partial charge is 0.328 e. The number of aliphatic carboxylic acids is 1. The maximum absolute atomic E-state index is 10.8. The minimum absolute atomic E-state index is 0.207. The zero-order chi connectivity index (χ0) is 22.2. The van der Waals surface area contributed by atoms with Crippen LogP contribution in [0.3, 0.4) is 0 Å². The molecule has 158 valence electrons. The van der Waals surface area contributed by atoms with Gasteiger partial charge in [0.1, 0.15) is 11.5 Å². The topological polar surface area (TPSA) is 77.8 Å². The number of carboxylic acids is 1. The van der Waals surface area contributed by atoms with E-state index in [4.69, 9.17) is 5.11 Å². The first-order valence-electron chi connectivity index (χ1n) is 10.3. The summed E-state index contributed by atoms with van der Waals surface area (Å²) in [5.74, 6) is -0.563. The second kappa shape index (κ2) is 10.3. The average molecular weight is 415 g/mol. The zero-order valence-electron chi connectivity index (χ0n) is 17.5. The first-order valence-corrected chi connectivity index (χ1v) is 10.3. The number of rotatable bonds is 8. The van der Waals surface area contributed by atoms with Gasteiger partial charge in [0.05, 0.1) is 0 Å². The first kappa shape index (κ1) is 21.9. The number of hydrogen-bond donors (Lipinski definition) is 3. The third kappa shape index (κ3) is 5.86. The van der Waals surface area contributed by atoms with Gasteiger partial charge in [0.2, 0.25) is 0 Å². The minimum atomic E-state index is -0.977. The molecule has 0 fully saturated rings. The molecule has 0 aliphatic carbocycles. The maximum atomic E-state index is 10.8. The van der Waals surface area contributed by atoms with Crippen LogP contribution < -0.4 is 0 Å². The summed E-state index contributed by atoms with van der Waals surface area (Å²) in [6, 6.07) is 22.1. The molecular weight excluding hydrogens is 388 g/mol. The molecule has 3 aromatic rings. The number of allylic oxidation sites excluding steroid dienone is 1. The molecule has 0 bridgehead atoms. The second-order valence-corrected chi connectivity index (χ2v) is 7.34. The number of aromatic hydroxyl groups is 2.